The van der Waals surface area contributed by atoms with E-state index in [9.17, 15) is 18.9 Å². The van der Waals surface area contributed by atoms with Gasteiger partial charge in [0, 0.05) is 11.3 Å². The number of pyridine rings is 1. The molecule has 0 fully saturated rings. The molecule has 1 aromatic rings. The van der Waals surface area contributed by atoms with E-state index in [4.69, 9.17) is 5.26 Å². The summed E-state index contributed by atoms with van der Waals surface area (Å²) in [5, 5.41) is 19.1. The van der Waals surface area contributed by atoms with E-state index in [1.807, 2.05) is 0 Å². The Kier molecular flexibility index (Phi) is 3.45. The summed E-state index contributed by atoms with van der Waals surface area (Å²) in [4.78, 5) is 13.2. The van der Waals surface area contributed by atoms with Crippen LogP contribution < -0.4 is 0 Å². The second-order valence-corrected chi connectivity index (χ2v) is 3.05. The molecule has 0 radical (unpaired) electrons. The number of hydrogen-bond acceptors (Lipinski definition) is 4. The highest BCUT2D eigenvalue weighted by Gasteiger charge is 2.27. The highest BCUT2D eigenvalue weighted by molar-refractivity contribution is 5.47. The summed E-state index contributed by atoms with van der Waals surface area (Å²) in [5.41, 5.74) is -1.45. The lowest BCUT2D eigenvalue weighted by Crippen LogP contribution is -2.05. The van der Waals surface area contributed by atoms with Crippen molar-refractivity contribution in [1.29, 1.82) is 5.26 Å². The van der Waals surface area contributed by atoms with Gasteiger partial charge in [-0.3, -0.25) is 10.1 Å². The van der Waals surface area contributed by atoms with E-state index >= 15 is 0 Å². The molecular weight excluding hydrogens is 220 g/mol. The van der Waals surface area contributed by atoms with Crippen molar-refractivity contribution in [2.24, 2.45) is 0 Å². The number of aryl methyl sites for hydroxylation is 1. The molecule has 0 aliphatic rings. The molecule has 5 nitrogen and oxygen atoms in total. The smallest absolute Gasteiger partial charge is 0.258 e. The van der Waals surface area contributed by atoms with Gasteiger partial charge in [0.1, 0.15) is 0 Å². The van der Waals surface area contributed by atoms with Gasteiger partial charge in [0.2, 0.25) is 0 Å². The predicted octanol–water partition coefficient (Wildman–Crippen LogP) is 2.30. The van der Waals surface area contributed by atoms with Crippen LogP contribution in [0.3, 0.4) is 0 Å². The van der Waals surface area contributed by atoms with Crippen molar-refractivity contribution in [1.82, 2.24) is 4.98 Å². The second-order valence-electron chi connectivity index (χ2n) is 3.05. The maximum atomic E-state index is 12.5. The van der Waals surface area contributed by atoms with Crippen molar-refractivity contribution in [3.8, 4) is 6.07 Å². The van der Waals surface area contributed by atoms with Crippen molar-refractivity contribution < 1.29 is 13.7 Å². The fourth-order valence-corrected chi connectivity index (χ4v) is 1.34. The van der Waals surface area contributed by atoms with Gasteiger partial charge in [-0.2, -0.15) is 5.26 Å². The van der Waals surface area contributed by atoms with Gasteiger partial charge in [-0.1, -0.05) is 0 Å². The second kappa shape index (κ2) is 4.61. The lowest BCUT2D eigenvalue weighted by Gasteiger charge is -2.05. The summed E-state index contributed by atoms with van der Waals surface area (Å²) in [7, 11) is 0. The zero-order chi connectivity index (χ0) is 12.3. The average Bonchev–Trinajstić information content (AvgIpc) is 2.16. The van der Waals surface area contributed by atoms with Crippen LogP contribution in [0.2, 0.25) is 0 Å². The number of nitriles is 1. The van der Waals surface area contributed by atoms with E-state index in [0.717, 1.165) is 0 Å². The van der Waals surface area contributed by atoms with Crippen LogP contribution in [0.4, 0.5) is 14.5 Å². The van der Waals surface area contributed by atoms with Crippen molar-refractivity contribution in [2.45, 2.75) is 19.8 Å². The maximum absolute atomic E-state index is 12.5. The zero-order valence-electron chi connectivity index (χ0n) is 8.28. The Morgan fingerprint density at radius 3 is 2.75 bits per heavy atom. The number of nitrogens with zero attached hydrogens (tertiary/aromatic N) is 3. The summed E-state index contributed by atoms with van der Waals surface area (Å²) in [6, 6.07) is 2.97. The van der Waals surface area contributed by atoms with Crippen LogP contribution in [0, 0.1) is 28.4 Å². The molecule has 7 heteroatoms. The zero-order valence-corrected chi connectivity index (χ0v) is 8.28. The van der Waals surface area contributed by atoms with E-state index in [-0.39, 0.29) is 17.7 Å². The minimum absolute atomic E-state index is 0.0321. The fourth-order valence-electron chi connectivity index (χ4n) is 1.34. The third-order valence-electron chi connectivity index (χ3n) is 1.89. The largest absolute Gasteiger partial charge is 0.300 e. The first-order valence-electron chi connectivity index (χ1n) is 4.27. The van der Waals surface area contributed by atoms with Crippen molar-refractivity contribution in [2.75, 3.05) is 0 Å². The standard InChI is InChI=1S/C9H7F2N3O2/c1-5-4-6(2-3-12)8(14(15)16)7(13-5)9(10)11/h4,9H,2H2,1H3. The van der Waals surface area contributed by atoms with Crippen molar-refractivity contribution >= 4 is 5.69 Å². The summed E-state index contributed by atoms with van der Waals surface area (Å²) in [5.74, 6) is 0. The first-order chi connectivity index (χ1) is 7.47. The van der Waals surface area contributed by atoms with Crippen molar-refractivity contribution in [3.63, 3.8) is 0 Å². The molecule has 0 saturated carbocycles. The molecule has 1 rings (SSSR count). The van der Waals surface area contributed by atoms with Gasteiger partial charge >= 0.3 is 5.69 Å². The molecule has 0 aromatic carbocycles. The van der Waals surface area contributed by atoms with Gasteiger partial charge < -0.3 is 0 Å². The molecule has 0 saturated heterocycles. The molecule has 1 aromatic heterocycles. The molecule has 84 valence electrons. The monoisotopic (exact) mass is 227 g/mol. The molecule has 0 bridgehead atoms. The average molecular weight is 227 g/mol. The third kappa shape index (κ3) is 2.28. The van der Waals surface area contributed by atoms with Gasteiger partial charge in [0.25, 0.3) is 6.43 Å². The topological polar surface area (TPSA) is 79.8 Å². The Morgan fingerprint density at radius 2 is 2.31 bits per heavy atom. The number of halogens is 2. The number of nitro groups is 1. The molecular formula is C9H7F2N3O2. The normalized spacial score (nSPS) is 10.2. The minimum Gasteiger partial charge on any atom is -0.258 e. The number of hydrogen-bond donors (Lipinski definition) is 0. The summed E-state index contributed by atoms with van der Waals surface area (Å²) in [6.45, 7) is 1.44. The molecule has 0 atom stereocenters. The van der Waals surface area contributed by atoms with Crippen LogP contribution in [0.25, 0.3) is 0 Å². The fraction of sp³-hybridized carbons (Fsp3) is 0.333. The molecule has 1 heterocycles. The summed E-state index contributed by atoms with van der Waals surface area (Å²) < 4.78 is 25.1. The minimum atomic E-state index is -3.03. The Balaban J connectivity index is 3.48. The number of alkyl halides is 2. The Hall–Kier alpha value is -2.10. The van der Waals surface area contributed by atoms with Crippen LogP contribution in [0.1, 0.15) is 23.4 Å². The molecule has 16 heavy (non-hydrogen) atoms. The van der Waals surface area contributed by atoms with E-state index in [0.29, 0.717) is 0 Å². The van der Waals surface area contributed by atoms with Crippen LogP contribution in [0.5, 0.6) is 0 Å². The first-order valence-corrected chi connectivity index (χ1v) is 4.27. The quantitative estimate of drug-likeness (QED) is 0.586. The molecule has 0 amide bonds. The molecule has 0 unspecified atom stereocenters. The third-order valence-corrected chi connectivity index (χ3v) is 1.89. The van der Waals surface area contributed by atoms with Gasteiger partial charge in [-0.15, -0.1) is 0 Å². The van der Waals surface area contributed by atoms with Crippen molar-refractivity contribution in [3.05, 3.63) is 33.1 Å². The van der Waals surface area contributed by atoms with E-state index < -0.39 is 22.7 Å². The van der Waals surface area contributed by atoms with Crippen LogP contribution in [0.15, 0.2) is 6.07 Å². The molecule has 0 N–H and O–H groups in total. The van der Waals surface area contributed by atoms with Gasteiger partial charge in [0.05, 0.1) is 17.4 Å². The van der Waals surface area contributed by atoms with Gasteiger partial charge in [0.15, 0.2) is 5.69 Å². The number of aromatic nitrogens is 1. The molecule has 0 aliphatic heterocycles. The highest BCUT2D eigenvalue weighted by atomic mass is 19.3. The number of rotatable bonds is 3. The van der Waals surface area contributed by atoms with E-state index in [1.165, 1.54) is 13.0 Å². The first kappa shape index (κ1) is 12.0. The van der Waals surface area contributed by atoms with Gasteiger partial charge in [-0.05, 0) is 13.0 Å². The van der Waals surface area contributed by atoms with E-state index in [1.54, 1.807) is 6.07 Å². The Labute approximate surface area is 89.5 Å². The Bertz CT molecular complexity index is 469. The lowest BCUT2D eigenvalue weighted by molar-refractivity contribution is -0.387. The highest BCUT2D eigenvalue weighted by Crippen LogP contribution is 2.30. The Morgan fingerprint density at radius 1 is 1.69 bits per heavy atom. The van der Waals surface area contributed by atoms with Crippen LogP contribution >= 0.6 is 0 Å². The summed E-state index contributed by atoms with van der Waals surface area (Å²) >= 11 is 0. The summed E-state index contributed by atoms with van der Waals surface area (Å²) in [6.07, 6.45) is -3.32. The lowest BCUT2D eigenvalue weighted by atomic mass is 10.1. The van der Waals surface area contributed by atoms with Crippen LogP contribution in [-0.4, -0.2) is 9.91 Å². The molecule has 0 aliphatic carbocycles. The van der Waals surface area contributed by atoms with Gasteiger partial charge in [-0.25, -0.2) is 13.8 Å². The van der Waals surface area contributed by atoms with E-state index in [2.05, 4.69) is 4.98 Å². The predicted molar refractivity (Wildman–Crippen MR) is 49.9 cm³/mol. The molecule has 0 spiro atoms. The maximum Gasteiger partial charge on any atom is 0.300 e. The van der Waals surface area contributed by atoms with Crippen LogP contribution in [-0.2, 0) is 6.42 Å². The SMILES string of the molecule is Cc1cc(CC#N)c([N+](=O)[O-])c(C(F)F)n1.